The number of hydrogen-bond donors (Lipinski definition) is 4. The van der Waals surface area contributed by atoms with E-state index >= 15 is 0 Å². The fraction of sp³-hybridized carbons (Fsp3) is 0.250. The van der Waals surface area contributed by atoms with E-state index in [4.69, 9.17) is 15.3 Å². The highest BCUT2D eigenvalue weighted by Gasteiger charge is 2.07. The summed E-state index contributed by atoms with van der Waals surface area (Å²) in [7, 11) is 0. The molecule has 1 rings (SSSR count). The topological polar surface area (TPSA) is 80.9 Å². The summed E-state index contributed by atoms with van der Waals surface area (Å²) in [6, 6.07) is 2.49. The maximum Gasteiger partial charge on any atom is 0.126 e. The Morgan fingerprint density at radius 1 is 0.917 bits per heavy atom. The first-order valence-corrected chi connectivity index (χ1v) is 3.44. The van der Waals surface area contributed by atoms with E-state index in [9.17, 15) is 5.11 Å². The van der Waals surface area contributed by atoms with Crippen molar-refractivity contribution in [3.63, 3.8) is 0 Å². The summed E-state index contributed by atoms with van der Waals surface area (Å²) >= 11 is 0. The summed E-state index contributed by atoms with van der Waals surface area (Å²) in [4.78, 5) is 0. The first-order chi connectivity index (χ1) is 5.69. The molecular weight excluding hydrogens is 160 g/mol. The quantitative estimate of drug-likeness (QED) is 0.474. The molecule has 0 aromatic heterocycles. The molecule has 0 amide bonds. The second kappa shape index (κ2) is 3.42. The number of aromatic hydroxyl groups is 2. The zero-order valence-electron chi connectivity index (χ0n) is 6.36. The largest absolute Gasteiger partial charge is 0.508 e. The van der Waals surface area contributed by atoms with Crippen LogP contribution in [-0.2, 0) is 13.2 Å². The van der Waals surface area contributed by atoms with Crippen LogP contribution in [0.5, 0.6) is 11.5 Å². The predicted octanol–water partition coefficient (Wildman–Crippen LogP) is 0.0824. The van der Waals surface area contributed by atoms with Gasteiger partial charge in [-0.1, -0.05) is 0 Å². The maximum absolute atomic E-state index is 9.28. The first-order valence-electron chi connectivity index (χ1n) is 3.44. The van der Waals surface area contributed by atoms with Crippen LogP contribution in [0.3, 0.4) is 0 Å². The minimum Gasteiger partial charge on any atom is -0.508 e. The third-order valence-electron chi connectivity index (χ3n) is 1.59. The normalized spacial score (nSPS) is 10.2. The molecular formula is C8H10O4. The average Bonchev–Trinajstić information content (AvgIpc) is 2.08. The van der Waals surface area contributed by atoms with E-state index in [-0.39, 0.29) is 35.8 Å². The highest BCUT2D eigenvalue weighted by molar-refractivity contribution is 5.45. The van der Waals surface area contributed by atoms with Crippen molar-refractivity contribution in [3.05, 3.63) is 23.3 Å². The third kappa shape index (κ3) is 1.49. The van der Waals surface area contributed by atoms with Gasteiger partial charge in [-0.05, 0) is 12.1 Å². The third-order valence-corrected chi connectivity index (χ3v) is 1.59. The second-order valence-electron chi connectivity index (χ2n) is 2.43. The molecule has 0 atom stereocenters. The standard InChI is InChI=1S/C8H10O4/c9-3-5-1-7(11)2-6(4-10)8(5)12/h1-2,9-12H,3-4H2. The summed E-state index contributed by atoms with van der Waals surface area (Å²) in [5.74, 6) is -0.251. The lowest BCUT2D eigenvalue weighted by molar-refractivity contribution is 0.262. The van der Waals surface area contributed by atoms with Crippen LogP contribution >= 0.6 is 0 Å². The Morgan fingerprint density at radius 3 is 1.67 bits per heavy atom. The van der Waals surface area contributed by atoms with E-state index in [0.29, 0.717) is 0 Å². The van der Waals surface area contributed by atoms with Crippen molar-refractivity contribution in [3.8, 4) is 11.5 Å². The molecule has 12 heavy (non-hydrogen) atoms. The van der Waals surface area contributed by atoms with Gasteiger partial charge in [0.2, 0.25) is 0 Å². The average molecular weight is 170 g/mol. The predicted molar refractivity (Wildman–Crippen MR) is 41.6 cm³/mol. The summed E-state index contributed by atoms with van der Waals surface area (Å²) in [5, 5.41) is 35.7. The Hall–Kier alpha value is -1.26. The highest BCUT2D eigenvalue weighted by Crippen LogP contribution is 2.27. The highest BCUT2D eigenvalue weighted by atomic mass is 16.3. The summed E-state index contributed by atoms with van der Waals surface area (Å²) < 4.78 is 0. The molecule has 0 unspecified atom stereocenters. The van der Waals surface area contributed by atoms with Crippen molar-refractivity contribution >= 4 is 0 Å². The van der Waals surface area contributed by atoms with Gasteiger partial charge in [0.1, 0.15) is 11.5 Å². The van der Waals surface area contributed by atoms with Crippen LogP contribution in [0.15, 0.2) is 12.1 Å². The lowest BCUT2D eigenvalue weighted by Crippen LogP contribution is -1.90. The molecule has 0 aliphatic rings. The molecule has 0 fully saturated rings. The lowest BCUT2D eigenvalue weighted by atomic mass is 10.1. The number of hydrogen-bond acceptors (Lipinski definition) is 4. The van der Waals surface area contributed by atoms with Crippen molar-refractivity contribution in [2.24, 2.45) is 0 Å². The van der Waals surface area contributed by atoms with Gasteiger partial charge >= 0.3 is 0 Å². The van der Waals surface area contributed by atoms with Gasteiger partial charge in [-0.15, -0.1) is 0 Å². The van der Waals surface area contributed by atoms with Crippen LogP contribution in [0.25, 0.3) is 0 Å². The molecule has 0 heterocycles. The van der Waals surface area contributed by atoms with E-state index in [1.807, 2.05) is 0 Å². The summed E-state index contributed by atoms with van der Waals surface area (Å²) in [5.41, 5.74) is 0.415. The van der Waals surface area contributed by atoms with Crippen LogP contribution in [0, 0.1) is 0 Å². The van der Waals surface area contributed by atoms with Crippen LogP contribution in [-0.4, -0.2) is 20.4 Å². The zero-order valence-corrected chi connectivity index (χ0v) is 6.36. The van der Waals surface area contributed by atoms with Crippen molar-refractivity contribution in [1.82, 2.24) is 0 Å². The molecule has 0 bridgehead atoms. The van der Waals surface area contributed by atoms with E-state index in [1.54, 1.807) is 0 Å². The molecule has 1 aromatic rings. The van der Waals surface area contributed by atoms with Crippen molar-refractivity contribution in [1.29, 1.82) is 0 Å². The van der Waals surface area contributed by atoms with Crippen molar-refractivity contribution in [2.75, 3.05) is 0 Å². The Balaban J connectivity index is 3.22. The maximum atomic E-state index is 9.28. The number of phenolic OH excluding ortho intramolecular Hbond substituents is 1. The Morgan fingerprint density at radius 2 is 1.33 bits per heavy atom. The first kappa shape index (κ1) is 8.83. The van der Waals surface area contributed by atoms with E-state index in [0.717, 1.165) is 0 Å². The second-order valence-corrected chi connectivity index (χ2v) is 2.43. The minimum atomic E-state index is -0.368. The number of rotatable bonds is 2. The molecule has 0 saturated heterocycles. The molecule has 4 heteroatoms. The molecule has 0 aliphatic carbocycles. The van der Waals surface area contributed by atoms with Gasteiger partial charge in [-0.25, -0.2) is 0 Å². The molecule has 0 spiro atoms. The molecule has 4 N–H and O–H groups in total. The molecule has 1 aromatic carbocycles. The Bertz CT molecular complexity index is 257. The number of phenols is 2. The fourth-order valence-corrected chi connectivity index (χ4v) is 0.983. The summed E-state index contributed by atoms with van der Waals surface area (Å²) in [6.45, 7) is -0.736. The van der Waals surface area contributed by atoms with Crippen molar-refractivity contribution in [2.45, 2.75) is 13.2 Å². The summed E-state index contributed by atoms with van der Waals surface area (Å²) in [6.07, 6.45) is 0. The molecule has 0 saturated carbocycles. The SMILES string of the molecule is OCc1cc(O)cc(CO)c1O. The molecule has 66 valence electrons. The van der Waals surface area contributed by atoms with Gasteiger partial charge in [0.25, 0.3) is 0 Å². The fourth-order valence-electron chi connectivity index (χ4n) is 0.983. The van der Waals surface area contributed by atoms with E-state index in [1.165, 1.54) is 12.1 Å². The molecule has 0 aliphatic heterocycles. The van der Waals surface area contributed by atoms with Crippen LogP contribution in [0.4, 0.5) is 0 Å². The van der Waals surface area contributed by atoms with Gasteiger partial charge < -0.3 is 20.4 Å². The van der Waals surface area contributed by atoms with Crippen LogP contribution < -0.4 is 0 Å². The molecule has 0 radical (unpaired) electrons. The van der Waals surface area contributed by atoms with Gasteiger partial charge in [-0.3, -0.25) is 0 Å². The smallest absolute Gasteiger partial charge is 0.126 e. The Labute approximate surface area is 69.3 Å². The lowest BCUT2D eigenvalue weighted by Gasteiger charge is -2.06. The number of benzene rings is 1. The van der Waals surface area contributed by atoms with Gasteiger partial charge in [0.05, 0.1) is 13.2 Å². The zero-order chi connectivity index (χ0) is 9.14. The molecule has 4 nitrogen and oxygen atoms in total. The van der Waals surface area contributed by atoms with E-state index < -0.39 is 0 Å². The Kier molecular flexibility index (Phi) is 2.52. The van der Waals surface area contributed by atoms with Gasteiger partial charge in [0, 0.05) is 11.1 Å². The van der Waals surface area contributed by atoms with Crippen LogP contribution in [0.1, 0.15) is 11.1 Å². The van der Waals surface area contributed by atoms with Gasteiger partial charge in [0.15, 0.2) is 0 Å². The van der Waals surface area contributed by atoms with Crippen molar-refractivity contribution < 1.29 is 20.4 Å². The minimum absolute atomic E-state index is 0.0825. The van der Waals surface area contributed by atoms with E-state index in [2.05, 4.69) is 0 Å². The number of aliphatic hydroxyl groups is 2. The van der Waals surface area contributed by atoms with Crippen LogP contribution in [0.2, 0.25) is 0 Å². The monoisotopic (exact) mass is 170 g/mol. The number of aliphatic hydroxyl groups excluding tert-OH is 2. The van der Waals surface area contributed by atoms with Gasteiger partial charge in [-0.2, -0.15) is 0 Å².